The average Bonchev–Trinajstić information content (AvgIpc) is 2.67. The largest absolute Gasteiger partial charge is 0.419 e. The van der Waals surface area contributed by atoms with Crippen LogP contribution < -0.4 is 4.74 Å². The van der Waals surface area contributed by atoms with Crippen LogP contribution in [0.15, 0.2) is 47.2 Å². The van der Waals surface area contributed by atoms with Gasteiger partial charge in [0.2, 0.25) is 5.70 Å². The van der Waals surface area contributed by atoms with Gasteiger partial charge in [0.25, 0.3) is 5.78 Å². The predicted octanol–water partition coefficient (Wildman–Crippen LogP) is 2.89. The highest BCUT2D eigenvalue weighted by atomic mass is 16.5. The number of ketones is 1. The van der Waals surface area contributed by atoms with Gasteiger partial charge in [-0.25, -0.2) is 14.1 Å². The molecule has 0 saturated heterocycles. The van der Waals surface area contributed by atoms with Gasteiger partial charge in [-0.05, 0) is 25.5 Å². The predicted molar refractivity (Wildman–Crippen MR) is 98.4 cm³/mol. The zero-order valence-corrected chi connectivity index (χ0v) is 15.7. The second kappa shape index (κ2) is 7.74. The molecule has 1 aromatic rings. The van der Waals surface area contributed by atoms with Gasteiger partial charge in [-0.1, -0.05) is 39.0 Å². The number of Topliss-reactive ketones (excluding diaryl/α,β-unsaturated/α-hetero) is 1. The first-order chi connectivity index (χ1) is 12.3. The lowest BCUT2D eigenvalue weighted by molar-refractivity contribution is -0.797. The summed E-state index contributed by atoms with van der Waals surface area (Å²) in [5.41, 5.74) is -0.718. The van der Waals surface area contributed by atoms with Crippen LogP contribution in [-0.4, -0.2) is 41.4 Å². The second-order valence-corrected chi connectivity index (χ2v) is 6.89. The Kier molecular flexibility index (Phi) is 5.87. The van der Waals surface area contributed by atoms with Crippen molar-refractivity contribution in [1.29, 1.82) is 0 Å². The molecule has 1 amide bonds. The number of rotatable bonds is 6. The minimum Gasteiger partial charge on any atom is -0.419 e. The highest BCUT2D eigenvalue weighted by Gasteiger charge is 2.51. The third-order valence-electron chi connectivity index (χ3n) is 4.94. The molecule has 0 spiro atoms. The van der Waals surface area contributed by atoms with Crippen molar-refractivity contribution < 1.29 is 23.6 Å². The number of likely N-dealkylation sites (N-methyl/N-ethyl adjacent to an activating group) is 1. The number of esters is 1. The zero-order chi connectivity index (χ0) is 19.4. The third kappa shape index (κ3) is 3.65. The normalized spacial score (nSPS) is 19.6. The van der Waals surface area contributed by atoms with E-state index in [-0.39, 0.29) is 18.8 Å². The van der Waals surface area contributed by atoms with Crippen LogP contribution >= 0.6 is 0 Å². The van der Waals surface area contributed by atoms with E-state index in [9.17, 15) is 14.4 Å². The van der Waals surface area contributed by atoms with Crippen molar-refractivity contribution in [2.75, 3.05) is 13.1 Å². The Morgan fingerprint density at radius 1 is 1.15 bits per heavy atom. The first-order valence-electron chi connectivity index (χ1n) is 8.74. The summed E-state index contributed by atoms with van der Waals surface area (Å²) < 4.78 is 4.99. The molecule has 0 aliphatic carbocycles. The number of nitrogens with zero attached hydrogens (tertiary/aromatic N) is 2. The molecular weight excluding hydrogens is 332 g/mol. The summed E-state index contributed by atoms with van der Waals surface area (Å²) in [6.07, 6.45) is 3.40. The molecule has 1 aromatic carbocycles. The van der Waals surface area contributed by atoms with Gasteiger partial charge in [-0.3, -0.25) is 9.79 Å². The van der Waals surface area contributed by atoms with E-state index in [0.29, 0.717) is 12.2 Å². The fourth-order valence-corrected chi connectivity index (χ4v) is 2.67. The van der Waals surface area contributed by atoms with E-state index in [0.717, 1.165) is 0 Å². The van der Waals surface area contributed by atoms with Crippen LogP contribution in [-0.2, 0) is 14.4 Å². The molecule has 2 rings (SSSR count). The van der Waals surface area contributed by atoms with Crippen LogP contribution in [0.2, 0.25) is 0 Å². The fourth-order valence-electron chi connectivity index (χ4n) is 2.67. The first kappa shape index (κ1) is 19.7. The molecular formula is C20H25N2O4+. The number of aliphatic imine (C=N–C) groups is 1. The van der Waals surface area contributed by atoms with E-state index in [4.69, 9.17) is 4.74 Å². The molecule has 6 nitrogen and oxygen atoms in total. The van der Waals surface area contributed by atoms with Crippen molar-refractivity contribution in [1.82, 2.24) is 0 Å². The van der Waals surface area contributed by atoms with Gasteiger partial charge < -0.3 is 4.74 Å². The number of carbonyl (C=O) groups is 3. The standard InChI is InChI=1S/C20H25N2O4/c1-5-20(3,4)17(23)18(24)22(6-2)13-12-21-14-16(22)19(25)26-15-10-8-7-9-11-15/h7-12,14H,5-6,13H2,1-4H3/q+1. The number of hydrogen-bond acceptors (Lipinski definition) is 5. The highest BCUT2D eigenvalue weighted by Crippen LogP contribution is 2.29. The lowest BCUT2D eigenvalue weighted by Gasteiger charge is -2.35. The number of para-hydroxylation sites is 1. The van der Waals surface area contributed by atoms with Gasteiger partial charge >= 0.3 is 11.9 Å². The third-order valence-corrected chi connectivity index (χ3v) is 4.94. The van der Waals surface area contributed by atoms with Crippen LogP contribution in [0.1, 0.15) is 34.1 Å². The molecule has 1 aliphatic rings. The molecule has 0 bridgehead atoms. The summed E-state index contributed by atoms with van der Waals surface area (Å²) in [7, 11) is 0. The Bertz CT molecular complexity index is 765. The van der Waals surface area contributed by atoms with Crippen LogP contribution in [0.3, 0.4) is 0 Å². The van der Waals surface area contributed by atoms with Gasteiger partial charge in [0.15, 0.2) is 0 Å². The highest BCUT2D eigenvalue weighted by molar-refractivity contribution is 6.35. The lowest BCUT2D eigenvalue weighted by Crippen LogP contribution is -2.60. The Hall–Kier alpha value is -2.60. The topological polar surface area (TPSA) is 72.8 Å². The molecule has 1 atom stereocenters. The summed E-state index contributed by atoms with van der Waals surface area (Å²) in [5.74, 6) is -1.41. The molecule has 1 aliphatic heterocycles. The Morgan fingerprint density at radius 2 is 1.81 bits per heavy atom. The average molecular weight is 357 g/mol. The number of benzene rings is 1. The summed E-state index contributed by atoms with van der Waals surface area (Å²) in [5, 5.41) is 0. The molecule has 1 unspecified atom stereocenters. The molecule has 6 heteroatoms. The van der Waals surface area contributed by atoms with Crippen molar-refractivity contribution >= 4 is 23.9 Å². The molecule has 1 heterocycles. The van der Waals surface area contributed by atoms with E-state index >= 15 is 0 Å². The van der Waals surface area contributed by atoms with E-state index in [1.807, 2.05) is 13.0 Å². The monoisotopic (exact) mass is 357 g/mol. The van der Waals surface area contributed by atoms with E-state index < -0.39 is 27.6 Å². The van der Waals surface area contributed by atoms with Gasteiger partial charge in [-0.2, -0.15) is 0 Å². The lowest BCUT2D eigenvalue weighted by atomic mass is 9.84. The molecule has 26 heavy (non-hydrogen) atoms. The van der Waals surface area contributed by atoms with Crippen molar-refractivity contribution in [3.05, 3.63) is 42.2 Å². The van der Waals surface area contributed by atoms with E-state index in [1.165, 1.54) is 6.20 Å². The van der Waals surface area contributed by atoms with Crippen LogP contribution in [0, 0.1) is 5.41 Å². The van der Waals surface area contributed by atoms with Gasteiger partial charge in [0.05, 0.1) is 19.0 Å². The maximum Gasteiger partial charge on any atom is 0.400 e. The quantitative estimate of drug-likeness (QED) is 0.340. The van der Waals surface area contributed by atoms with Crippen LogP contribution in [0.25, 0.3) is 0 Å². The molecule has 0 fully saturated rings. The Morgan fingerprint density at radius 3 is 2.38 bits per heavy atom. The van der Waals surface area contributed by atoms with Crippen molar-refractivity contribution in [2.24, 2.45) is 10.4 Å². The van der Waals surface area contributed by atoms with Gasteiger partial charge in [-0.15, -0.1) is 0 Å². The van der Waals surface area contributed by atoms with E-state index in [2.05, 4.69) is 4.99 Å². The Labute approximate surface area is 153 Å². The summed E-state index contributed by atoms with van der Waals surface area (Å²) in [6, 6.07) is 8.60. The molecule has 0 N–H and O–H groups in total. The minimum absolute atomic E-state index is 0.0732. The molecule has 0 radical (unpaired) electrons. The Balaban J connectivity index is 2.38. The van der Waals surface area contributed by atoms with Gasteiger partial charge in [0, 0.05) is 5.41 Å². The zero-order valence-electron chi connectivity index (χ0n) is 15.7. The number of amides is 1. The number of ether oxygens (including phenoxy) is 1. The van der Waals surface area contributed by atoms with Crippen molar-refractivity contribution in [3.63, 3.8) is 0 Å². The maximum absolute atomic E-state index is 13.1. The van der Waals surface area contributed by atoms with Crippen LogP contribution in [0.5, 0.6) is 5.75 Å². The van der Waals surface area contributed by atoms with Gasteiger partial charge in [0.1, 0.15) is 12.3 Å². The molecule has 0 aromatic heterocycles. The summed E-state index contributed by atoms with van der Waals surface area (Å²) in [4.78, 5) is 42.7. The van der Waals surface area contributed by atoms with Crippen LogP contribution in [0.4, 0.5) is 0 Å². The number of quaternary nitrogens is 1. The first-order valence-corrected chi connectivity index (χ1v) is 8.74. The summed E-state index contributed by atoms with van der Waals surface area (Å²) in [6.45, 7) is 7.52. The smallest absolute Gasteiger partial charge is 0.400 e. The second-order valence-electron chi connectivity index (χ2n) is 6.89. The minimum atomic E-state index is -0.791. The van der Waals surface area contributed by atoms with E-state index in [1.54, 1.807) is 51.3 Å². The fraction of sp³-hybridized carbons (Fsp3) is 0.400. The summed E-state index contributed by atoms with van der Waals surface area (Å²) >= 11 is 0. The van der Waals surface area contributed by atoms with Crippen molar-refractivity contribution in [3.8, 4) is 5.75 Å². The molecule has 138 valence electrons. The number of carbonyl (C=O) groups excluding carboxylic acids is 3. The maximum atomic E-state index is 13.1. The van der Waals surface area contributed by atoms with Crippen molar-refractivity contribution in [2.45, 2.75) is 34.1 Å². The molecule has 0 saturated carbocycles. The number of hydrogen-bond donors (Lipinski definition) is 0. The SMILES string of the molecule is CCC(C)(C)C(=O)C(=O)[N+]1(CC)CC=NC=C1C(=O)Oc1ccccc1.